The molecule has 3 rings (SSSR count). The van der Waals surface area contributed by atoms with Crippen LogP contribution in [0.2, 0.25) is 0 Å². The number of halogens is 2. The van der Waals surface area contributed by atoms with Gasteiger partial charge in [0.05, 0.1) is 6.20 Å². The molecule has 0 aliphatic rings. The van der Waals surface area contributed by atoms with Crippen LogP contribution in [-0.2, 0) is 0 Å². The summed E-state index contributed by atoms with van der Waals surface area (Å²) in [6, 6.07) is 10.1. The number of benzene rings is 2. The number of hydrogen-bond acceptors (Lipinski definition) is 2. The van der Waals surface area contributed by atoms with Gasteiger partial charge in [0.25, 0.3) is 0 Å². The molecule has 0 bridgehead atoms. The predicted octanol–water partition coefficient (Wildman–Crippen LogP) is 4.31. The molecule has 0 saturated carbocycles. The number of fused-ring (bicyclic) bond motifs is 3. The van der Waals surface area contributed by atoms with Gasteiger partial charge in [0.2, 0.25) is 0 Å². The summed E-state index contributed by atoms with van der Waals surface area (Å²) in [5.41, 5.74) is 0.924. The van der Waals surface area contributed by atoms with Gasteiger partial charge in [0, 0.05) is 19.7 Å². The fourth-order valence-electron chi connectivity index (χ4n) is 1.83. The van der Waals surface area contributed by atoms with Crippen molar-refractivity contribution in [1.29, 1.82) is 0 Å². The number of rotatable bonds is 0. The van der Waals surface area contributed by atoms with E-state index in [2.05, 4.69) is 54.2 Å². The molecule has 78 valence electrons. The van der Waals surface area contributed by atoms with Crippen LogP contribution in [0, 0.1) is 0 Å². The van der Waals surface area contributed by atoms with Crippen molar-refractivity contribution in [2.45, 2.75) is 0 Å². The summed E-state index contributed by atoms with van der Waals surface area (Å²) in [5, 5.41) is 11.5. The molecule has 0 unspecified atom stereocenters. The molecule has 1 aromatic heterocycles. The zero-order chi connectivity index (χ0) is 11.1. The zero-order valence-corrected chi connectivity index (χ0v) is 11.3. The molecule has 0 fully saturated rings. The molecule has 0 N–H and O–H groups in total. The molecule has 0 radical (unpaired) electrons. The van der Waals surface area contributed by atoms with Crippen LogP contribution in [0.3, 0.4) is 0 Å². The Balaban J connectivity index is 2.69. The molecule has 0 amide bonds. The Morgan fingerprint density at radius 2 is 1.50 bits per heavy atom. The molecular formula is C12H6Br2N2. The normalized spacial score (nSPS) is 11.1. The first-order valence-electron chi connectivity index (χ1n) is 4.76. The van der Waals surface area contributed by atoms with Crippen LogP contribution < -0.4 is 0 Å². The molecule has 16 heavy (non-hydrogen) atoms. The molecular weight excluding hydrogens is 332 g/mol. The van der Waals surface area contributed by atoms with Gasteiger partial charge in [0.1, 0.15) is 5.52 Å². The standard InChI is InChI=1S/C12H6Br2N2/c13-10-7-3-1-2-4-8(7)12-9(11(10)14)5-6-15-16-12/h1-6H. The van der Waals surface area contributed by atoms with Gasteiger partial charge in [-0.2, -0.15) is 5.10 Å². The third-order valence-electron chi connectivity index (χ3n) is 2.57. The van der Waals surface area contributed by atoms with E-state index in [1.54, 1.807) is 6.20 Å². The SMILES string of the molecule is Brc1c(Br)c2ccnnc2c2ccccc12. The van der Waals surface area contributed by atoms with Crippen molar-refractivity contribution in [3.63, 3.8) is 0 Å². The summed E-state index contributed by atoms with van der Waals surface area (Å²) in [6.07, 6.45) is 1.70. The van der Waals surface area contributed by atoms with E-state index in [4.69, 9.17) is 0 Å². The fraction of sp³-hybridized carbons (Fsp3) is 0. The second kappa shape index (κ2) is 3.79. The molecule has 0 aliphatic carbocycles. The summed E-state index contributed by atoms with van der Waals surface area (Å²) >= 11 is 7.19. The van der Waals surface area contributed by atoms with E-state index in [1.165, 1.54) is 0 Å². The van der Waals surface area contributed by atoms with Crippen LogP contribution in [0.15, 0.2) is 45.5 Å². The van der Waals surface area contributed by atoms with Crippen LogP contribution in [0.4, 0.5) is 0 Å². The highest BCUT2D eigenvalue weighted by atomic mass is 79.9. The van der Waals surface area contributed by atoms with Crippen LogP contribution in [-0.4, -0.2) is 10.2 Å². The van der Waals surface area contributed by atoms with Crippen molar-refractivity contribution >= 4 is 53.5 Å². The molecule has 1 heterocycles. The van der Waals surface area contributed by atoms with Crippen molar-refractivity contribution in [2.75, 3.05) is 0 Å². The Hall–Kier alpha value is -1.00. The van der Waals surface area contributed by atoms with E-state index < -0.39 is 0 Å². The maximum Gasteiger partial charge on any atom is 0.102 e. The Labute approximate surface area is 109 Å². The quantitative estimate of drug-likeness (QED) is 0.571. The summed E-state index contributed by atoms with van der Waals surface area (Å²) < 4.78 is 2.08. The van der Waals surface area contributed by atoms with Crippen molar-refractivity contribution in [3.8, 4) is 0 Å². The van der Waals surface area contributed by atoms with E-state index >= 15 is 0 Å². The van der Waals surface area contributed by atoms with Gasteiger partial charge in [-0.3, -0.25) is 0 Å². The van der Waals surface area contributed by atoms with Gasteiger partial charge >= 0.3 is 0 Å². The number of nitrogens with zero attached hydrogens (tertiary/aromatic N) is 2. The second-order valence-electron chi connectivity index (χ2n) is 3.47. The zero-order valence-electron chi connectivity index (χ0n) is 8.11. The lowest BCUT2D eigenvalue weighted by molar-refractivity contribution is 1.08. The van der Waals surface area contributed by atoms with Crippen molar-refractivity contribution in [1.82, 2.24) is 10.2 Å². The van der Waals surface area contributed by atoms with Gasteiger partial charge in [-0.1, -0.05) is 24.3 Å². The largest absolute Gasteiger partial charge is 0.158 e. The average Bonchev–Trinajstić information content (AvgIpc) is 2.36. The molecule has 0 saturated heterocycles. The third-order valence-corrected chi connectivity index (χ3v) is 4.75. The summed E-state index contributed by atoms with van der Waals surface area (Å²) in [4.78, 5) is 0. The lowest BCUT2D eigenvalue weighted by atomic mass is 10.1. The van der Waals surface area contributed by atoms with Gasteiger partial charge < -0.3 is 0 Å². The Kier molecular flexibility index (Phi) is 2.41. The van der Waals surface area contributed by atoms with Crippen molar-refractivity contribution in [3.05, 3.63) is 45.5 Å². The number of hydrogen-bond donors (Lipinski definition) is 0. The van der Waals surface area contributed by atoms with Crippen LogP contribution in [0.5, 0.6) is 0 Å². The molecule has 4 heteroatoms. The van der Waals surface area contributed by atoms with E-state index in [0.29, 0.717) is 0 Å². The van der Waals surface area contributed by atoms with Gasteiger partial charge in [-0.05, 0) is 43.3 Å². The maximum atomic E-state index is 4.21. The topological polar surface area (TPSA) is 25.8 Å². The molecule has 0 aliphatic heterocycles. The van der Waals surface area contributed by atoms with E-state index in [1.807, 2.05) is 18.2 Å². The lowest BCUT2D eigenvalue weighted by Gasteiger charge is -2.07. The van der Waals surface area contributed by atoms with E-state index in [-0.39, 0.29) is 0 Å². The van der Waals surface area contributed by atoms with Gasteiger partial charge in [-0.25, -0.2) is 0 Å². The fourth-order valence-corrected chi connectivity index (χ4v) is 2.92. The summed E-state index contributed by atoms with van der Waals surface area (Å²) in [5.74, 6) is 0. The third kappa shape index (κ3) is 1.37. The molecule has 3 aromatic rings. The van der Waals surface area contributed by atoms with Crippen LogP contribution in [0.1, 0.15) is 0 Å². The van der Waals surface area contributed by atoms with Crippen LogP contribution in [0.25, 0.3) is 21.7 Å². The smallest absolute Gasteiger partial charge is 0.102 e. The average molecular weight is 338 g/mol. The van der Waals surface area contributed by atoms with Crippen LogP contribution >= 0.6 is 31.9 Å². The highest BCUT2D eigenvalue weighted by Gasteiger charge is 2.10. The highest BCUT2D eigenvalue weighted by molar-refractivity contribution is 9.13. The minimum atomic E-state index is 0.924. The molecule has 2 nitrogen and oxygen atoms in total. The second-order valence-corrected chi connectivity index (χ2v) is 5.05. The summed E-state index contributed by atoms with van der Waals surface area (Å²) in [6.45, 7) is 0. The monoisotopic (exact) mass is 336 g/mol. The van der Waals surface area contributed by atoms with Gasteiger partial charge in [0.15, 0.2) is 0 Å². The lowest BCUT2D eigenvalue weighted by Crippen LogP contribution is -1.87. The molecule has 0 atom stereocenters. The minimum absolute atomic E-state index is 0.924. The first kappa shape index (κ1) is 10.2. The van der Waals surface area contributed by atoms with Gasteiger partial charge in [-0.15, -0.1) is 5.10 Å². The number of aromatic nitrogens is 2. The van der Waals surface area contributed by atoms with Crippen molar-refractivity contribution < 1.29 is 0 Å². The molecule has 2 aromatic carbocycles. The highest BCUT2D eigenvalue weighted by Crippen LogP contribution is 2.37. The Morgan fingerprint density at radius 1 is 0.812 bits per heavy atom. The predicted molar refractivity (Wildman–Crippen MR) is 72.4 cm³/mol. The molecule has 0 spiro atoms. The van der Waals surface area contributed by atoms with Crippen molar-refractivity contribution in [2.24, 2.45) is 0 Å². The van der Waals surface area contributed by atoms with E-state index in [0.717, 1.165) is 30.6 Å². The maximum absolute atomic E-state index is 4.21. The first-order valence-corrected chi connectivity index (χ1v) is 6.35. The summed E-state index contributed by atoms with van der Waals surface area (Å²) in [7, 11) is 0. The first-order chi connectivity index (χ1) is 7.79. The minimum Gasteiger partial charge on any atom is -0.158 e. The Morgan fingerprint density at radius 3 is 2.31 bits per heavy atom. The Bertz CT molecular complexity index is 634. The van der Waals surface area contributed by atoms with E-state index in [9.17, 15) is 0 Å².